The summed E-state index contributed by atoms with van der Waals surface area (Å²) < 4.78 is 11.4. The first kappa shape index (κ1) is 10.7. The van der Waals surface area contributed by atoms with Crippen LogP contribution in [0.15, 0.2) is 24.3 Å². The minimum Gasteiger partial charge on any atom is -0.348 e. The smallest absolute Gasteiger partial charge is 0.183 e. The molecule has 1 aromatic rings. The lowest BCUT2D eigenvalue weighted by Gasteiger charge is -2.34. The zero-order chi connectivity index (χ0) is 10.9. The highest BCUT2D eigenvalue weighted by Crippen LogP contribution is 2.31. The molecule has 0 saturated carbocycles. The van der Waals surface area contributed by atoms with Gasteiger partial charge >= 0.3 is 0 Å². The van der Waals surface area contributed by atoms with Gasteiger partial charge in [0.25, 0.3) is 0 Å². The molecular formula is C13H18O2. The Morgan fingerprint density at radius 2 is 1.87 bits per heavy atom. The van der Waals surface area contributed by atoms with E-state index < -0.39 is 0 Å². The zero-order valence-corrected chi connectivity index (χ0v) is 9.62. The fourth-order valence-electron chi connectivity index (χ4n) is 1.70. The molecular weight excluding hydrogens is 188 g/mol. The van der Waals surface area contributed by atoms with E-state index in [4.69, 9.17) is 9.47 Å². The lowest BCUT2D eigenvalue weighted by atomic mass is 9.95. The van der Waals surface area contributed by atoms with Gasteiger partial charge in [-0.05, 0) is 6.92 Å². The number of hydrogen-bond donors (Lipinski definition) is 0. The molecule has 1 aliphatic rings. The summed E-state index contributed by atoms with van der Waals surface area (Å²) in [5.74, 6) is 0. The molecule has 0 bridgehead atoms. The van der Waals surface area contributed by atoms with Crippen molar-refractivity contribution in [3.05, 3.63) is 35.4 Å². The molecule has 1 saturated heterocycles. The third-order valence-electron chi connectivity index (χ3n) is 2.57. The third-order valence-corrected chi connectivity index (χ3v) is 2.57. The molecule has 1 heterocycles. The highest BCUT2D eigenvalue weighted by atomic mass is 16.7. The van der Waals surface area contributed by atoms with E-state index in [1.54, 1.807) is 0 Å². The normalized spacial score (nSPS) is 21.5. The highest BCUT2D eigenvalue weighted by molar-refractivity contribution is 5.23. The van der Waals surface area contributed by atoms with Crippen molar-refractivity contribution in [2.45, 2.75) is 27.1 Å². The van der Waals surface area contributed by atoms with Gasteiger partial charge in [0.15, 0.2) is 6.29 Å². The summed E-state index contributed by atoms with van der Waals surface area (Å²) >= 11 is 0. The van der Waals surface area contributed by atoms with Crippen LogP contribution in [0.1, 0.15) is 31.3 Å². The van der Waals surface area contributed by atoms with E-state index in [1.165, 1.54) is 5.56 Å². The molecule has 0 atom stereocenters. The molecule has 1 aromatic carbocycles. The summed E-state index contributed by atoms with van der Waals surface area (Å²) in [6, 6.07) is 8.28. The number of aryl methyl sites for hydroxylation is 1. The second kappa shape index (κ2) is 3.95. The Bertz CT molecular complexity index is 334. The van der Waals surface area contributed by atoms with Crippen molar-refractivity contribution in [3.8, 4) is 0 Å². The summed E-state index contributed by atoms with van der Waals surface area (Å²) in [5.41, 5.74) is 2.50. The fraction of sp³-hybridized carbons (Fsp3) is 0.538. The van der Waals surface area contributed by atoms with Crippen molar-refractivity contribution in [2.75, 3.05) is 13.2 Å². The van der Waals surface area contributed by atoms with Crippen molar-refractivity contribution in [2.24, 2.45) is 5.41 Å². The van der Waals surface area contributed by atoms with Crippen molar-refractivity contribution >= 4 is 0 Å². The van der Waals surface area contributed by atoms with Crippen LogP contribution in [0.2, 0.25) is 0 Å². The Morgan fingerprint density at radius 1 is 1.20 bits per heavy atom. The number of benzene rings is 1. The minimum atomic E-state index is -0.182. The predicted molar refractivity (Wildman–Crippen MR) is 59.6 cm³/mol. The van der Waals surface area contributed by atoms with E-state index in [1.807, 2.05) is 6.07 Å². The monoisotopic (exact) mass is 206 g/mol. The molecule has 0 N–H and O–H groups in total. The first-order valence-electron chi connectivity index (χ1n) is 5.37. The number of ether oxygens (including phenoxy) is 2. The van der Waals surface area contributed by atoms with Crippen LogP contribution < -0.4 is 0 Å². The third kappa shape index (κ3) is 2.58. The Balaban J connectivity index is 2.08. The molecule has 2 heteroatoms. The van der Waals surface area contributed by atoms with Crippen LogP contribution in [0, 0.1) is 12.3 Å². The van der Waals surface area contributed by atoms with Crippen LogP contribution in [-0.4, -0.2) is 13.2 Å². The van der Waals surface area contributed by atoms with Gasteiger partial charge in [-0.3, -0.25) is 0 Å². The van der Waals surface area contributed by atoms with Gasteiger partial charge < -0.3 is 9.47 Å². The summed E-state index contributed by atoms with van der Waals surface area (Å²) in [7, 11) is 0. The molecule has 82 valence electrons. The Morgan fingerprint density at radius 3 is 2.47 bits per heavy atom. The van der Waals surface area contributed by atoms with Crippen molar-refractivity contribution in [1.82, 2.24) is 0 Å². The van der Waals surface area contributed by atoms with Crippen LogP contribution in [0.25, 0.3) is 0 Å². The van der Waals surface area contributed by atoms with Crippen molar-refractivity contribution in [3.63, 3.8) is 0 Å². The van der Waals surface area contributed by atoms with E-state index in [-0.39, 0.29) is 11.7 Å². The van der Waals surface area contributed by atoms with E-state index in [0.717, 1.165) is 18.8 Å². The lowest BCUT2D eigenvalue weighted by Crippen LogP contribution is -2.33. The van der Waals surface area contributed by atoms with E-state index >= 15 is 0 Å². The average Bonchev–Trinajstić information content (AvgIpc) is 2.17. The molecule has 1 fully saturated rings. The fourth-order valence-corrected chi connectivity index (χ4v) is 1.70. The molecule has 0 amide bonds. The SMILES string of the molecule is Cc1cccc(C2OCC(C)(C)CO2)c1. The number of hydrogen-bond acceptors (Lipinski definition) is 2. The minimum absolute atomic E-state index is 0.139. The second-order valence-electron chi connectivity index (χ2n) is 5.03. The summed E-state index contributed by atoms with van der Waals surface area (Å²) in [4.78, 5) is 0. The second-order valence-corrected chi connectivity index (χ2v) is 5.03. The largest absolute Gasteiger partial charge is 0.348 e. The molecule has 2 nitrogen and oxygen atoms in total. The van der Waals surface area contributed by atoms with Crippen molar-refractivity contribution in [1.29, 1.82) is 0 Å². The van der Waals surface area contributed by atoms with Gasteiger partial charge in [0, 0.05) is 11.0 Å². The topological polar surface area (TPSA) is 18.5 Å². The van der Waals surface area contributed by atoms with Crippen LogP contribution in [0.4, 0.5) is 0 Å². The molecule has 0 spiro atoms. The molecule has 0 unspecified atom stereocenters. The highest BCUT2D eigenvalue weighted by Gasteiger charge is 2.28. The molecule has 0 aliphatic carbocycles. The van der Waals surface area contributed by atoms with Gasteiger partial charge in [-0.25, -0.2) is 0 Å². The Labute approximate surface area is 91.2 Å². The van der Waals surface area contributed by atoms with Crippen LogP contribution in [0.5, 0.6) is 0 Å². The van der Waals surface area contributed by atoms with Crippen molar-refractivity contribution < 1.29 is 9.47 Å². The maximum atomic E-state index is 5.71. The first-order chi connectivity index (χ1) is 7.07. The predicted octanol–water partition coefficient (Wildman–Crippen LogP) is 3.07. The van der Waals surface area contributed by atoms with Gasteiger partial charge in [-0.15, -0.1) is 0 Å². The van der Waals surface area contributed by atoms with E-state index in [9.17, 15) is 0 Å². The zero-order valence-electron chi connectivity index (χ0n) is 9.62. The molecule has 2 rings (SSSR count). The molecule has 0 aromatic heterocycles. The van der Waals surface area contributed by atoms with Gasteiger partial charge in [0.05, 0.1) is 13.2 Å². The molecule has 1 aliphatic heterocycles. The Hall–Kier alpha value is -0.860. The maximum Gasteiger partial charge on any atom is 0.183 e. The average molecular weight is 206 g/mol. The van der Waals surface area contributed by atoms with Crippen LogP contribution >= 0.6 is 0 Å². The van der Waals surface area contributed by atoms with Gasteiger partial charge in [0.1, 0.15) is 0 Å². The molecule has 15 heavy (non-hydrogen) atoms. The van der Waals surface area contributed by atoms with E-state index in [2.05, 4.69) is 39.0 Å². The van der Waals surface area contributed by atoms with Gasteiger partial charge in [-0.2, -0.15) is 0 Å². The maximum absolute atomic E-state index is 5.71. The van der Waals surface area contributed by atoms with Crippen LogP contribution in [-0.2, 0) is 9.47 Å². The molecule has 0 radical (unpaired) electrons. The number of rotatable bonds is 1. The Kier molecular flexibility index (Phi) is 2.81. The van der Waals surface area contributed by atoms with E-state index in [0.29, 0.717) is 0 Å². The standard InChI is InChI=1S/C13H18O2/c1-10-5-4-6-11(7-10)12-14-8-13(2,3)9-15-12/h4-7,12H,8-9H2,1-3H3. The van der Waals surface area contributed by atoms with Gasteiger partial charge in [-0.1, -0.05) is 43.7 Å². The van der Waals surface area contributed by atoms with Crippen LogP contribution in [0.3, 0.4) is 0 Å². The lowest BCUT2D eigenvalue weighted by molar-refractivity contribution is -0.226. The quantitative estimate of drug-likeness (QED) is 0.703. The van der Waals surface area contributed by atoms with Gasteiger partial charge in [0.2, 0.25) is 0 Å². The first-order valence-corrected chi connectivity index (χ1v) is 5.37. The summed E-state index contributed by atoms with van der Waals surface area (Å²) in [5, 5.41) is 0. The summed E-state index contributed by atoms with van der Waals surface area (Å²) in [6.45, 7) is 7.90. The summed E-state index contributed by atoms with van der Waals surface area (Å²) in [6.07, 6.45) is -0.182.